The van der Waals surface area contributed by atoms with E-state index in [1.54, 1.807) is 38.1 Å². The second kappa shape index (κ2) is 11.0. The monoisotopic (exact) mass is 446 g/mol. The lowest BCUT2D eigenvalue weighted by Gasteiger charge is -2.11. The van der Waals surface area contributed by atoms with Gasteiger partial charge in [-0.15, -0.1) is 0 Å². The molecule has 0 amide bonds. The van der Waals surface area contributed by atoms with Crippen molar-refractivity contribution in [3.63, 3.8) is 0 Å². The Kier molecular flexibility index (Phi) is 8.68. The van der Waals surface area contributed by atoms with Crippen LogP contribution in [0.2, 0.25) is 0 Å². The number of rotatable bonds is 9. The molecule has 0 saturated heterocycles. The number of hydrogen-bond acceptors (Lipinski definition) is 8. The zero-order valence-corrected chi connectivity index (χ0v) is 18.8. The van der Waals surface area contributed by atoms with E-state index in [1.807, 2.05) is 26.0 Å². The van der Waals surface area contributed by atoms with Crippen molar-refractivity contribution in [2.75, 3.05) is 13.2 Å². The third-order valence-corrected chi connectivity index (χ3v) is 6.38. The summed E-state index contributed by atoms with van der Waals surface area (Å²) in [6, 6.07) is 10.4. The Bertz CT molecular complexity index is 904. The van der Waals surface area contributed by atoms with E-state index in [2.05, 4.69) is 0 Å². The molecule has 0 N–H and O–H groups in total. The molecule has 0 fully saturated rings. The zero-order valence-electron chi connectivity index (χ0n) is 17.1. The highest BCUT2D eigenvalue weighted by Gasteiger charge is 2.24. The first kappa shape index (κ1) is 23.7. The third-order valence-electron chi connectivity index (χ3n) is 3.90. The average molecular weight is 447 g/mol. The van der Waals surface area contributed by atoms with Gasteiger partial charge in [-0.3, -0.25) is 9.59 Å². The lowest BCUT2D eigenvalue weighted by Crippen LogP contribution is -2.18. The van der Waals surface area contributed by atoms with Gasteiger partial charge in [0.05, 0.1) is 13.2 Å². The van der Waals surface area contributed by atoms with Gasteiger partial charge in [0.1, 0.15) is 0 Å². The quantitative estimate of drug-likeness (QED) is 0.239. The van der Waals surface area contributed by atoms with Crippen LogP contribution < -0.4 is 0 Å². The molecule has 158 valence electrons. The van der Waals surface area contributed by atoms with Gasteiger partial charge in [0, 0.05) is 20.9 Å². The molecule has 2 aromatic rings. The molecular formula is C22H22O6S2. The summed E-state index contributed by atoms with van der Waals surface area (Å²) in [5.41, 5.74) is 2.11. The number of esters is 2. The van der Waals surface area contributed by atoms with E-state index in [9.17, 15) is 19.2 Å². The summed E-state index contributed by atoms with van der Waals surface area (Å²) >= 11 is 0. The largest absolute Gasteiger partial charge is 0.460 e. The minimum atomic E-state index is -0.913. The lowest BCUT2D eigenvalue weighted by molar-refractivity contribution is -0.138. The maximum atomic E-state index is 12.5. The fourth-order valence-corrected chi connectivity index (χ4v) is 4.81. The van der Waals surface area contributed by atoms with Crippen molar-refractivity contribution in [3.05, 3.63) is 58.7 Å². The first-order valence-corrected chi connectivity index (χ1v) is 11.4. The average Bonchev–Trinajstić information content (AvgIpc) is 2.72. The van der Waals surface area contributed by atoms with E-state index in [1.165, 1.54) is 21.6 Å². The molecule has 0 atom stereocenters. The van der Waals surface area contributed by atoms with Crippen LogP contribution in [-0.4, -0.2) is 36.7 Å². The maximum Gasteiger partial charge on any atom is 0.379 e. The van der Waals surface area contributed by atoms with E-state index in [4.69, 9.17) is 9.47 Å². The van der Waals surface area contributed by atoms with E-state index in [-0.39, 0.29) is 24.3 Å². The molecule has 0 aliphatic rings. The number of ether oxygens (including phenoxy) is 2. The van der Waals surface area contributed by atoms with Crippen molar-refractivity contribution < 1.29 is 28.7 Å². The normalized spacial score (nSPS) is 10.4. The van der Waals surface area contributed by atoms with E-state index in [0.717, 1.165) is 11.1 Å². The summed E-state index contributed by atoms with van der Waals surface area (Å²) in [4.78, 5) is 49.9. The number of carbonyl (C=O) groups excluding carboxylic acids is 4. The van der Waals surface area contributed by atoms with Crippen molar-refractivity contribution in [2.45, 2.75) is 37.5 Å². The predicted octanol–water partition coefficient (Wildman–Crippen LogP) is 4.59. The van der Waals surface area contributed by atoms with Crippen LogP contribution in [0.1, 0.15) is 45.7 Å². The molecule has 0 aliphatic carbocycles. The molecule has 0 bridgehead atoms. The van der Waals surface area contributed by atoms with Crippen LogP contribution in [0.3, 0.4) is 0 Å². The molecule has 0 spiro atoms. The molecule has 0 aliphatic heterocycles. The highest BCUT2D eigenvalue weighted by Crippen LogP contribution is 2.41. The van der Waals surface area contributed by atoms with Crippen LogP contribution in [0.25, 0.3) is 0 Å². The zero-order chi connectivity index (χ0) is 22.3. The standard InChI is InChI=1S/C22H22O6S2/c1-5-27-21(25)19(23)15-11-13(3)7-9-17(15)29-30-18-10-8-14(4)12-16(18)20(24)22(26)28-6-2/h7-12H,5-6H2,1-4H3. The highest BCUT2D eigenvalue weighted by atomic mass is 33.1. The van der Waals surface area contributed by atoms with Crippen molar-refractivity contribution in [1.29, 1.82) is 0 Å². The lowest BCUT2D eigenvalue weighted by atomic mass is 10.1. The molecule has 6 nitrogen and oxygen atoms in total. The Morgan fingerprint density at radius 2 is 1.07 bits per heavy atom. The van der Waals surface area contributed by atoms with Crippen LogP contribution in [0.5, 0.6) is 0 Å². The van der Waals surface area contributed by atoms with Crippen LogP contribution in [-0.2, 0) is 19.1 Å². The van der Waals surface area contributed by atoms with Gasteiger partial charge in [0.2, 0.25) is 0 Å². The van der Waals surface area contributed by atoms with Gasteiger partial charge < -0.3 is 9.47 Å². The van der Waals surface area contributed by atoms with Crippen LogP contribution in [0.4, 0.5) is 0 Å². The molecular weight excluding hydrogens is 424 g/mol. The topological polar surface area (TPSA) is 86.7 Å². The van der Waals surface area contributed by atoms with Gasteiger partial charge in [0.25, 0.3) is 11.6 Å². The minimum Gasteiger partial charge on any atom is -0.460 e. The molecule has 8 heteroatoms. The van der Waals surface area contributed by atoms with Crippen molar-refractivity contribution in [1.82, 2.24) is 0 Å². The van der Waals surface area contributed by atoms with Crippen molar-refractivity contribution in [3.8, 4) is 0 Å². The summed E-state index contributed by atoms with van der Waals surface area (Å²) in [7, 11) is 2.44. The Labute approximate surface area is 183 Å². The van der Waals surface area contributed by atoms with Gasteiger partial charge in [-0.1, -0.05) is 44.8 Å². The SMILES string of the molecule is CCOC(=O)C(=O)c1cc(C)ccc1SSc1ccc(C)cc1C(=O)C(=O)OCC. The fraction of sp³-hybridized carbons (Fsp3) is 0.273. The predicted molar refractivity (Wildman–Crippen MR) is 116 cm³/mol. The smallest absolute Gasteiger partial charge is 0.379 e. The first-order chi connectivity index (χ1) is 14.3. The Morgan fingerprint density at radius 1 is 0.700 bits per heavy atom. The van der Waals surface area contributed by atoms with Gasteiger partial charge in [-0.05, 0) is 52.0 Å². The van der Waals surface area contributed by atoms with Crippen LogP contribution in [0, 0.1) is 13.8 Å². The Balaban J connectivity index is 2.32. The molecule has 0 aromatic heterocycles. The molecule has 0 radical (unpaired) electrons. The molecule has 2 rings (SSSR count). The highest BCUT2D eigenvalue weighted by molar-refractivity contribution is 8.76. The van der Waals surface area contributed by atoms with Gasteiger partial charge in [0.15, 0.2) is 0 Å². The number of benzene rings is 2. The van der Waals surface area contributed by atoms with Crippen molar-refractivity contribution >= 4 is 45.1 Å². The number of ketones is 2. The first-order valence-electron chi connectivity index (χ1n) is 9.27. The summed E-state index contributed by atoms with van der Waals surface area (Å²) in [6.45, 7) is 7.12. The summed E-state index contributed by atoms with van der Waals surface area (Å²) in [5, 5.41) is 0. The van der Waals surface area contributed by atoms with Gasteiger partial charge in [-0.25, -0.2) is 9.59 Å². The maximum absolute atomic E-state index is 12.5. The van der Waals surface area contributed by atoms with E-state index in [0.29, 0.717) is 9.79 Å². The summed E-state index contributed by atoms with van der Waals surface area (Å²) in [6.07, 6.45) is 0. The minimum absolute atomic E-state index is 0.107. The number of carbonyl (C=O) groups is 4. The number of aryl methyl sites for hydroxylation is 2. The van der Waals surface area contributed by atoms with Gasteiger partial charge >= 0.3 is 11.9 Å². The molecule has 30 heavy (non-hydrogen) atoms. The molecule has 0 unspecified atom stereocenters. The van der Waals surface area contributed by atoms with Gasteiger partial charge in [-0.2, -0.15) is 0 Å². The van der Waals surface area contributed by atoms with E-state index >= 15 is 0 Å². The second-order valence-electron chi connectivity index (χ2n) is 6.27. The Morgan fingerprint density at radius 3 is 1.40 bits per heavy atom. The fourth-order valence-electron chi connectivity index (χ4n) is 2.49. The summed E-state index contributed by atoms with van der Waals surface area (Å²) in [5.74, 6) is -3.28. The number of Topliss-reactive ketones (excluding diaryl/α,β-unsaturated/α-hetero) is 2. The van der Waals surface area contributed by atoms with Crippen molar-refractivity contribution in [2.24, 2.45) is 0 Å². The second-order valence-corrected chi connectivity index (χ2v) is 8.48. The van der Waals surface area contributed by atoms with Crippen LogP contribution in [0.15, 0.2) is 46.2 Å². The van der Waals surface area contributed by atoms with E-state index < -0.39 is 23.5 Å². The van der Waals surface area contributed by atoms with Crippen LogP contribution >= 0.6 is 21.6 Å². The summed E-state index contributed by atoms with van der Waals surface area (Å²) < 4.78 is 9.66. The molecule has 2 aromatic carbocycles. The molecule has 0 heterocycles. The Hall–Kier alpha value is -2.58. The third kappa shape index (κ3) is 5.96. The molecule has 0 saturated carbocycles. The number of hydrogen-bond donors (Lipinski definition) is 0.